The van der Waals surface area contributed by atoms with Crippen molar-refractivity contribution in [3.8, 4) is 0 Å². The van der Waals surface area contributed by atoms with Gasteiger partial charge in [0.2, 0.25) is 0 Å². The predicted octanol–water partition coefficient (Wildman–Crippen LogP) is 2.85. The number of thiazole rings is 1. The summed E-state index contributed by atoms with van der Waals surface area (Å²) < 4.78 is 5.98. The van der Waals surface area contributed by atoms with E-state index in [9.17, 15) is 0 Å². The summed E-state index contributed by atoms with van der Waals surface area (Å²) in [5.74, 6) is 0.879. The van der Waals surface area contributed by atoms with Crippen LogP contribution in [0.2, 0.25) is 0 Å². The monoisotopic (exact) mass is 336 g/mol. The number of hydrogen-bond donors (Lipinski definition) is 2. The van der Waals surface area contributed by atoms with Crippen LogP contribution in [0.5, 0.6) is 0 Å². The number of aromatic nitrogens is 1. The fourth-order valence-electron chi connectivity index (χ4n) is 4.09. The van der Waals surface area contributed by atoms with Gasteiger partial charge in [0.25, 0.3) is 0 Å². The molecule has 128 valence electrons. The van der Waals surface area contributed by atoms with Crippen molar-refractivity contribution in [3.63, 3.8) is 0 Å². The van der Waals surface area contributed by atoms with Crippen molar-refractivity contribution in [2.75, 3.05) is 13.7 Å². The van der Waals surface area contributed by atoms with Gasteiger partial charge in [0.05, 0.1) is 12.6 Å². The maximum atomic E-state index is 5.98. The van der Waals surface area contributed by atoms with Crippen LogP contribution in [0.4, 0.5) is 0 Å². The molecule has 0 radical (unpaired) electrons. The van der Waals surface area contributed by atoms with E-state index in [0.29, 0.717) is 17.6 Å². The molecule has 2 unspecified atom stereocenters. The van der Waals surface area contributed by atoms with Crippen LogP contribution < -0.4 is 10.6 Å². The summed E-state index contributed by atoms with van der Waals surface area (Å²) >= 11 is 1.69. The highest BCUT2D eigenvalue weighted by Gasteiger charge is 2.56. The van der Waals surface area contributed by atoms with Crippen LogP contribution in [0.3, 0.4) is 0 Å². The van der Waals surface area contributed by atoms with E-state index in [0.717, 1.165) is 36.2 Å². The maximum absolute atomic E-state index is 5.98. The van der Waals surface area contributed by atoms with E-state index in [2.05, 4.69) is 32.9 Å². The number of nitrogens with zero attached hydrogens (tertiary/aromatic N) is 2. The largest absolute Gasteiger partial charge is 0.378 e. The zero-order chi connectivity index (χ0) is 16.3. The van der Waals surface area contributed by atoms with Crippen molar-refractivity contribution in [1.82, 2.24) is 15.6 Å². The highest BCUT2D eigenvalue weighted by Crippen LogP contribution is 2.54. The van der Waals surface area contributed by atoms with E-state index in [1.54, 1.807) is 11.3 Å². The van der Waals surface area contributed by atoms with Gasteiger partial charge >= 0.3 is 0 Å². The summed E-state index contributed by atoms with van der Waals surface area (Å²) in [5, 5.41) is 10.2. The average Bonchev–Trinajstić information content (AvgIpc) is 3.20. The Balaban J connectivity index is 1.56. The molecule has 2 saturated carbocycles. The number of hydrogen-bond acceptors (Lipinski definition) is 4. The zero-order valence-electron chi connectivity index (χ0n) is 14.4. The molecule has 5 nitrogen and oxygen atoms in total. The Kier molecular flexibility index (Phi) is 5.21. The molecule has 0 aliphatic heterocycles. The Hall–Kier alpha value is -1.14. The minimum absolute atomic E-state index is 0.325. The van der Waals surface area contributed by atoms with Gasteiger partial charge < -0.3 is 15.4 Å². The molecule has 23 heavy (non-hydrogen) atoms. The minimum atomic E-state index is 0.325. The van der Waals surface area contributed by atoms with Crippen LogP contribution in [0.15, 0.2) is 10.4 Å². The molecule has 2 aliphatic carbocycles. The first-order chi connectivity index (χ1) is 11.2. The molecule has 6 heteroatoms. The Morgan fingerprint density at radius 3 is 2.87 bits per heavy atom. The van der Waals surface area contributed by atoms with E-state index >= 15 is 0 Å². The standard InChI is InChI=1S/C17H28N4OS/c1-4-22-14-9-13(17(14)7-5-6-8-17)21-16(18-3)19-10-15-20-12(2)11-23-15/h11,13-14H,4-10H2,1-3H3,(H2,18,19,21). The quantitative estimate of drug-likeness (QED) is 0.641. The summed E-state index contributed by atoms with van der Waals surface area (Å²) in [5.41, 5.74) is 1.41. The molecule has 2 atom stereocenters. The SMILES string of the molecule is CCOC1CC(NC(=NC)NCc2nc(C)cs2)C12CCCC2. The normalized spacial score (nSPS) is 26.3. The third kappa shape index (κ3) is 3.38. The fourth-order valence-corrected chi connectivity index (χ4v) is 4.80. The average molecular weight is 337 g/mol. The van der Waals surface area contributed by atoms with Crippen molar-refractivity contribution in [2.45, 2.75) is 64.6 Å². The van der Waals surface area contributed by atoms with Gasteiger partial charge in [-0.15, -0.1) is 11.3 Å². The first-order valence-corrected chi connectivity index (χ1v) is 9.55. The topological polar surface area (TPSA) is 58.5 Å². The number of aryl methyl sites for hydroxylation is 1. The van der Waals surface area contributed by atoms with E-state index in [-0.39, 0.29) is 0 Å². The summed E-state index contributed by atoms with van der Waals surface area (Å²) in [4.78, 5) is 8.88. The molecule has 1 aromatic heterocycles. The van der Waals surface area contributed by atoms with Gasteiger partial charge in [-0.25, -0.2) is 4.98 Å². The third-order valence-corrected chi connectivity index (χ3v) is 6.26. The van der Waals surface area contributed by atoms with Gasteiger partial charge in [-0.3, -0.25) is 4.99 Å². The molecule has 3 rings (SSSR count). The molecular weight excluding hydrogens is 308 g/mol. The Bertz CT molecular complexity index is 551. The second-order valence-electron chi connectivity index (χ2n) is 6.63. The Morgan fingerprint density at radius 1 is 1.48 bits per heavy atom. The molecule has 2 N–H and O–H groups in total. The Morgan fingerprint density at radius 2 is 2.26 bits per heavy atom. The van der Waals surface area contributed by atoms with Crippen LogP contribution in [0.25, 0.3) is 0 Å². The minimum Gasteiger partial charge on any atom is -0.378 e. The molecule has 1 spiro atoms. The summed E-state index contributed by atoms with van der Waals surface area (Å²) in [7, 11) is 1.84. The lowest BCUT2D eigenvalue weighted by atomic mass is 9.60. The third-order valence-electron chi connectivity index (χ3n) is 5.30. The van der Waals surface area contributed by atoms with Gasteiger partial charge in [0, 0.05) is 36.2 Å². The second kappa shape index (κ2) is 7.18. The van der Waals surface area contributed by atoms with Gasteiger partial charge in [0.1, 0.15) is 5.01 Å². The van der Waals surface area contributed by atoms with Crippen LogP contribution in [0.1, 0.15) is 49.7 Å². The fraction of sp³-hybridized carbons (Fsp3) is 0.765. The van der Waals surface area contributed by atoms with E-state index in [4.69, 9.17) is 4.74 Å². The van der Waals surface area contributed by atoms with Crippen molar-refractivity contribution in [1.29, 1.82) is 0 Å². The molecule has 2 fully saturated rings. The first kappa shape index (κ1) is 16.7. The Labute approximate surface area is 142 Å². The van der Waals surface area contributed by atoms with Gasteiger partial charge in [0.15, 0.2) is 5.96 Å². The lowest BCUT2D eigenvalue weighted by molar-refractivity contribution is -0.125. The lowest BCUT2D eigenvalue weighted by Crippen LogP contribution is -2.65. The van der Waals surface area contributed by atoms with E-state index in [1.807, 2.05) is 14.0 Å². The molecule has 2 aliphatic rings. The highest BCUT2D eigenvalue weighted by molar-refractivity contribution is 7.09. The smallest absolute Gasteiger partial charge is 0.191 e. The number of ether oxygens (including phenoxy) is 1. The van der Waals surface area contributed by atoms with Crippen LogP contribution in [0, 0.1) is 12.3 Å². The van der Waals surface area contributed by atoms with Crippen LogP contribution >= 0.6 is 11.3 Å². The predicted molar refractivity (Wildman–Crippen MR) is 94.9 cm³/mol. The zero-order valence-corrected chi connectivity index (χ0v) is 15.2. The number of rotatable bonds is 5. The molecule has 0 bridgehead atoms. The second-order valence-corrected chi connectivity index (χ2v) is 7.57. The van der Waals surface area contributed by atoms with Gasteiger partial charge in [-0.1, -0.05) is 12.8 Å². The number of nitrogens with one attached hydrogen (secondary N) is 2. The lowest BCUT2D eigenvalue weighted by Gasteiger charge is -2.54. The van der Waals surface area contributed by atoms with Crippen molar-refractivity contribution < 1.29 is 4.74 Å². The van der Waals surface area contributed by atoms with Crippen molar-refractivity contribution >= 4 is 17.3 Å². The highest BCUT2D eigenvalue weighted by atomic mass is 32.1. The van der Waals surface area contributed by atoms with Gasteiger partial charge in [-0.05, 0) is 33.1 Å². The van der Waals surface area contributed by atoms with E-state index < -0.39 is 0 Å². The summed E-state index contributed by atoms with van der Waals surface area (Å²) in [6, 6.07) is 0.478. The first-order valence-electron chi connectivity index (χ1n) is 8.67. The molecule has 0 saturated heterocycles. The van der Waals surface area contributed by atoms with Gasteiger partial charge in [-0.2, -0.15) is 0 Å². The maximum Gasteiger partial charge on any atom is 0.191 e. The molecule has 0 amide bonds. The summed E-state index contributed by atoms with van der Waals surface area (Å²) in [6.07, 6.45) is 6.71. The number of guanidine groups is 1. The van der Waals surface area contributed by atoms with Crippen molar-refractivity contribution in [2.24, 2.45) is 10.4 Å². The molecule has 0 aromatic carbocycles. The molecule has 1 heterocycles. The van der Waals surface area contributed by atoms with Crippen LogP contribution in [-0.2, 0) is 11.3 Å². The molecule has 1 aromatic rings. The van der Waals surface area contributed by atoms with Crippen LogP contribution in [-0.4, -0.2) is 36.7 Å². The number of aliphatic imine (C=N–C) groups is 1. The molecular formula is C17H28N4OS. The van der Waals surface area contributed by atoms with E-state index in [1.165, 1.54) is 25.7 Å². The van der Waals surface area contributed by atoms with Crippen molar-refractivity contribution in [3.05, 3.63) is 16.1 Å². The summed E-state index contributed by atoms with van der Waals surface area (Å²) in [6.45, 7) is 5.67.